The zero-order valence-corrected chi connectivity index (χ0v) is 18.2. The summed E-state index contributed by atoms with van der Waals surface area (Å²) in [6, 6.07) is 13.0. The van der Waals surface area contributed by atoms with Gasteiger partial charge >= 0.3 is 0 Å². The first-order valence-electron chi connectivity index (χ1n) is 9.45. The highest BCUT2D eigenvalue weighted by molar-refractivity contribution is 7.92. The minimum Gasteiger partial charge on any atom is -0.495 e. The van der Waals surface area contributed by atoms with Gasteiger partial charge in [-0.2, -0.15) is 0 Å². The Hall–Kier alpha value is -2.25. The van der Waals surface area contributed by atoms with E-state index < -0.39 is 10.0 Å². The van der Waals surface area contributed by atoms with E-state index in [0.717, 1.165) is 12.7 Å². The molecule has 0 aliphatic carbocycles. The number of halogens is 1. The Morgan fingerprint density at radius 2 is 1.93 bits per heavy atom. The molecule has 0 unspecified atom stereocenters. The Morgan fingerprint density at radius 3 is 2.59 bits per heavy atom. The Balaban J connectivity index is 1.62. The Morgan fingerprint density at radius 1 is 1.21 bits per heavy atom. The molecule has 1 heterocycles. The SMILES string of the molecule is COc1ccc(N(CCCC(=O)N2CCc3ccccc3C2)S(C)(=O)=O)cc1Cl. The molecule has 6 nitrogen and oxygen atoms in total. The lowest BCUT2D eigenvalue weighted by molar-refractivity contribution is -0.132. The topological polar surface area (TPSA) is 66.9 Å². The Kier molecular flexibility index (Phi) is 6.70. The van der Waals surface area contributed by atoms with E-state index in [1.807, 2.05) is 23.1 Å². The second-order valence-corrected chi connectivity index (χ2v) is 9.41. The summed E-state index contributed by atoms with van der Waals surface area (Å²) in [5.41, 5.74) is 2.92. The minimum absolute atomic E-state index is 0.0423. The largest absolute Gasteiger partial charge is 0.495 e. The molecule has 1 aliphatic rings. The van der Waals surface area contributed by atoms with Gasteiger partial charge in [0.25, 0.3) is 0 Å². The van der Waals surface area contributed by atoms with Crippen LogP contribution < -0.4 is 9.04 Å². The van der Waals surface area contributed by atoms with Gasteiger partial charge < -0.3 is 9.64 Å². The van der Waals surface area contributed by atoms with Crippen LogP contribution in [0, 0.1) is 0 Å². The normalized spacial score (nSPS) is 13.7. The van der Waals surface area contributed by atoms with Crippen LogP contribution in [0.4, 0.5) is 5.69 Å². The molecular formula is C21H25ClN2O4S. The maximum absolute atomic E-state index is 12.6. The van der Waals surface area contributed by atoms with Crippen molar-refractivity contribution in [2.75, 3.05) is 30.8 Å². The predicted molar refractivity (Wildman–Crippen MR) is 115 cm³/mol. The van der Waals surface area contributed by atoms with Gasteiger partial charge in [0.1, 0.15) is 5.75 Å². The van der Waals surface area contributed by atoms with Crippen molar-refractivity contribution in [2.45, 2.75) is 25.8 Å². The van der Waals surface area contributed by atoms with Gasteiger partial charge in [0, 0.05) is 26.1 Å². The highest BCUT2D eigenvalue weighted by Crippen LogP contribution is 2.30. The smallest absolute Gasteiger partial charge is 0.232 e. The highest BCUT2D eigenvalue weighted by Gasteiger charge is 2.22. The summed E-state index contributed by atoms with van der Waals surface area (Å²) >= 11 is 6.14. The van der Waals surface area contributed by atoms with Crippen molar-refractivity contribution in [3.63, 3.8) is 0 Å². The molecule has 3 rings (SSSR count). The average molecular weight is 437 g/mol. The van der Waals surface area contributed by atoms with Crippen molar-refractivity contribution >= 4 is 33.2 Å². The number of fused-ring (bicyclic) bond motifs is 1. The van der Waals surface area contributed by atoms with Gasteiger partial charge in [-0.25, -0.2) is 8.42 Å². The molecule has 1 aliphatic heterocycles. The van der Waals surface area contributed by atoms with E-state index in [4.69, 9.17) is 16.3 Å². The molecule has 0 bridgehead atoms. The number of sulfonamides is 1. The molecule has 1 amide bonds. The molecule has 0 spiro atoms. The molecule has 0 saturated carbocycles. The average Bonchev–Trinajstić information content (AvgIpc) is 2.69. The van der Waals surface area contributed by atoms with Gasteiger partial charge in [-0.15, -0.1) is 0 Å². The molecule has 8 heteroatoms. The summed E-state index contributed by atoms with van der Waals surface area (Å²) in [5.74, 6) is 0.519. The van der Waals surface area contributed by atoms with Crippen LogP contribution in [-0.4, -0.2) is 45.7 Å². The van der Waals surface area contributed by atoms with Gasteiger partial charge in [0.2, 0.25) is 15.9 Å². The van der Waals surface area contributed by atoms with Gasteiger partial charge in [-0.05, 0) is 42.2 Å². The lowest BCUT2D eigenvalue weighted by atomic mass is 9.99. The van der Waals surface area contributed by atoms with Gasteiger partial charge in [-0.3, -0.25) is 9.10 Å². The molecule has 2 aromatic carbocycles. The molecule has 0 saturated heterocycles. The summed E-state index contributed by atoms with van der Waals surface area (Å²) in [7, 11) is -2.01. The van der Waals surface area contributed by atoms with Crippen molar-refractivity contribution in [1.82, 2.24) is 4.90 Å². The number of hydrogen-bond acceptors (Lipinski definition) is 4. The number of hydrogen-bond donors (Lipinski definition) is 0. The summed E-state index contributed by atoms with van der Waals surface area (Å²) in [5, 5.41) is 0.335. The van der Waals surface area contributed by atoms with Crippen molar-refractivity contribution in [1.29, 1.82) is 0 Å². The molecule has 0 atom stereocenters. The number of methoxy groups -OCH3 is 1. The lowest BCUT2D eigenvalue weighted by Crippen LogP contribution is -2.37. The van der Waals surface area contributed by atoms with Gasteiger partial charge in [0.05, 0.1) is 24.1 Å². The maximum atomic E-state index is 12.6. The van der Waals surface area contributed by atoms with Crippen LogP contribution >= 0.6 is 11.6 Å². The van der Waals surface area contributed by atoms with Crippen molar-refractivity contribution < 1.29 is 17.9 Å². The molecule has 0 aromatic heterocycles. The number of rotatable bonds is 7. The third-order valence-electron chi connectivity index (χ3n) is 5.06. The second kappa shape index (κ2) is 9.05. The van der Waals surface area contributed by atoms with Gasteiger partial charge in [0.15, 0.2) is 0 Å². The monoisotopic (exact) mass is 436 g/mol. The van der Waals surface area contributed by atoms with Crippen molar-refractivity contribution in [3.05, 3.63) is 58.6 Å². The van der Waals surface area contributed by atoms with E-state index in [1.54, 1.807) is 18.2 Å². The fourth-order valence-electron chi connectivity index (χ4n) is 3.54. The minimum atomic E-state index is -3.51. The number of carbonyl (C=O) groups excluding carboxylic acids is 1. The Bertz CT molecular complexity index is 994. The van der Waals surface area contributed by atoms with E-state index in [2.05, 4.69) is 6.07 Å². The summed E-state index contributed by atoms with van der Waals surface area (Å²) < 4.78 is 30.9. The van der Waals surface area contributed by atoms with Gasteiger partial charge in [-0.1, -0.05) is 35.9 Å². The third kappa shape index (κ3) is 5.22. The second-order valence-electron chi connectivity index (χ2n) is 7.09. The fourth-order valence-corrected chi connectivity index (χ4v) is 4.75. The maximum Gasteiger partial charge on any atom is 0.232 e. The van der Waals surface area contributed by atoms with E-state index in [-0.39, 0.29) is 18.9 Å². The molecule has 2 aromatic rings. The van der Waals surface area contributed by atoms with Crippen LogP contribution in [0.2, 0.25) is 5.02 Å². The zero-order chi connectivity index (χ0) is 21.0. The first kappa shape index (κ1) is 21.5. The van der Waals surface area contributed by atoms with E-state index >= 15 is 0 Å². The summed E-state index contributed by atoms with van der Waals surface area (Å²) in [6.07, 6.45) is 2.71. The number of benzene rings is 2. The first-order valence-corrected chi connectivity index (χ1v) is 11.7. The summed E-state index contributed by atoms with van der Waals surface area (Å²) in [4.78, 5) is 14.5. The number of ether oxygens (including phenoxy) is 1. The molecule has 156 valence electrons. The molecule has 29 heavy (non-hydrogen) atoms. The molecule has 0 fully saturated rings. The number of anilines is 1. The number of amides is 1. The first-order chi connectivity index (χ1) is 13.8. The van der Waals surface area contributed by atoms with E-state index in [0.29, 0.717) is 36.0 Å². The van der Waals surface area contributed by atoms with Crippen LogP contribution in [-0.2, 0) is 27.8 Å². The molecular weight excluding hydrogens is 412 g/mol. The predicted octanol–water partition coefficient (Wildman–Crippen LogP) is 3.48. The van der Waals surface area contributed by atoms with Crippen molar-refractivity contribution in [2.24, 2.45) is 0 Å². The highest BCUT2D eigenvalue weighted by atomic mass is 35.5. The van der Waals surface area contributed by atoms with Crippen molar-refractivity contribution in [3.8, 4) is 5.75 Å². The van der Waals surface area contributed by atoms with E-state index in [1.165, 1.54) is 22.5 Å². The number of nitrogens with zero attached hydrogens (tertiary/aromatic N) is 2. The lowest BCUT2D eigenvalue weighted by Gasteiger charge is -2.29. The molecule has 0 radical (unpaired) electrons. The third-order valence-corrected chi connectivity index (χ3v) is 6.55. The standard InChI is InChI=1S/C21H25ClN2O4S/c1-28-20-10-9-18(14-19(20)22)24(29(2,26)27)12-5-8-21(25)23-13-11-16-6-3-4-7-17(16)15-23/h3-4,6-7,9-10,14H,5,8,11-13,15H2,1-2H3. The van der Waals surface area contributed by atoms with Crippen LogP contribution in [0.15, 0.2) is 42.5 Å². The number of carbonyl (C=O) groups is 1. The quantitative estimate of drug-likeness (QED) is 0.666. The molecule has 0 N–H and O–H groups in total. The van der Waals surface area contributed by atoms with Crippen LogP contribution in [0.1, 0.15) is 24.0 Å². The summed E-state index contributed by atoms with van der Waals surface area (Å²) in [6.45, 7) is 1.51. The van der Waals surface area contributed by atoms with Crippen LogP contribution in [0.5, 0.6) is 5.75 Å². The fraction of sp³-hybridized carbons (Fsp3) is 0.381. The van der Waals surface area contributed by atoms with Crippen LogP contribution in [0.3, 0.4) is 0 Å². The Labute approximate surface area is 177 Å². The zero-order valence-electron chi connectivity index (χ0n) is 16.6. The van der Waals surface area contributed by atoms with E-state index in [9.17, 15) is 13.2 Å². The van der Waals surface area contributed by atoms with Crippen LogP contribution in [0.25, 0.3) is 0 Å².